The number of benzene rings is 2. The number of thioether (sulfide) groups is 1. The van der Waals surface area contributed by atoms with Crippen LogP contribution in [0, 0.1) is 3.57 Å². The normalized spacial score (nSPS) is 21.7. The lowest BCUT2D eigenvalue weighted by molar-refractivity contribution is -0.124. The molecule has 2 saturated carbocycles. The van der Waals surface area contributed by atoms with E-state index in [4.69, 9.17) is 14.5 Å². The Morgan fingerprint density at radius 1 is 1.03 bits per heavy atom. The minimum Gasteiger partial charge on any atom is -0.493 e. The lowest BCUT2D eigenvalue weighted by atomic mass is 9.94. The van der Waals surface area contributed by atoms with Crippen molar-refractivity contribution in [3.05, 3.63) is 62.1 Å². The number of amidine groups is 1. The second kappa shape index (κ2) is 12.7. The van der Waals surface area contributed by atoms with Crippen molar-refractivity contribution in [3.8, 4) is 11.5 Å². The molecule has 0 spiro atoms. The Morgan fingerprint density at radius 3 is 2.43 bits per heavy atom. The van der Waals surface area contributed by atoms with Crippen LogP contribution in [0.1, 0.15) is 75.3 Å². The van der Waals surface area contributed by atoms with Gasteiger partial charge in [-0.25, -0.2) is 0 Å². The number of amides is 1. The average molecular weight is 631 g/mol. The third-order valence-electron chi connectivity index (χ3n) is 7.42. The van der Waals surface area contributed by atoms with Crippen LogP contribution in [0.5, 0.6) is 11.5 Å². The molecule has 5 rings (SSSR count). The first kappa shape index (κ1) is 26.6. The van der Waals surface area contributed by atoms with E-state index in [0.29, 0.717) is 18.4 Å². The van der Waals surface area contributed by atoms with Crippen LogP contribution < -0.4 is 9.47 Å². The lowest BCUT2D eigenvalue weighted by Crippen LogP contribution is -2.41. The Kier molecular flexibility index (Phi) is 9.13. The molecule has 0 radical (unpaired) electrons. The Morgan fingerprint density at radius 2 is 1.73 bits per heavy atom. The zero-order chi connectivity index (χ0) is 25.6. The summed E-state index contributed by atoms with van der Waals surface area (Å²) in [7, 11) is 1.66. The summed E-state index contributed by atoms with van der Waals surface area (Å²) in [5.41, 5.74) is 2.04. The Hall–Kier alpha value is -2.00. The van der Waals surface area contributed by atoms with Crippen LogP contribution in [0.3, 0.4) is 0 Å². The number of methoxy groups -OCH3 is 1. The highest BCUT2D eigenvalue weighted by Crippen LogP contribution is 2.40. The highest BCUT2D eigenvalue weighted by molar-refractivity contribution is 14.1. The molecule has 0 aromatic heterocycles. The van der Waals surface area contributed by atoms with E-state index in [9.17, 15) is 4.79 Å². The summed E-state index contributed by atoms with van der Waals surface area (Å²) >= 11 is 3.84. The number of rotatable bonds is 7. The van der Waals surface area contributed by atoms with Gasteiger partial charge >= 0.3 is 0 Å². The van der Waals surface area contributed by atoms with E-state index in [0.717, 1.165) is 56.2 Å². The van der Waals surface area contributed by atoms with Crippen molar-refractivity contribution in [1.82, 2.24) is 4.90 Å². The minimum atomic E-state index is 0.102. The van der Waals surface area contributed by atoms with Crippen LogP contribution in [0.15, 0.2) is 52.4 Å². The molecule has 196 valence electrons. The molecule has 0 unspecified atom stereocenters. The molecule has 0 atom stereocenters. The molecule has 2 aliphatic carbocycles. The maximum atomic E-state index is 13.7. The van der Waals surface area contributed by atoms with Crippen molar-refractivity contribution in [1.29, 1.82) is 0 Å². The van der Waals surface area contributed by atoms with Gasteiger partial charge in [-0.15, -0.1) is 0 Å². The second-order valence-corrected chi connectivity index (χ2v) is 12.3. The molecule has 1 heterocycles. The van der Waals surface area contributed by atoms with Crippen LogP contribution in [0.4, 0.5) is 0 Å². The highest BCUT2D eigenvalue weighted by atomic mass is 127. The van der Waals surface area contributed by atoms with Gasteiger partial charge in [0.2, 0.25) is 0 Å². The van der Waals surface area contributed by atoms with Crippen LogP contribution >= 0.6 is 34.4 Å². The van der Waals surface area contributed by atoms with Gasteiger partial charge in [-0.05, 0) is 89.4 Å². The monoisotopic (exact) mass is 630 g/mol. The van der Waals surface area contributed by atoms with Crippen molar-refractivity contribution in [3.63, 3.8) is 0 Å². The summed E-state index contributed by atoms with van der Waals surface area (Å²) in [5.74, 6) is 1.50. The number of carbonyl (C=O) groups is 1. The van der Waals surface area contributed by atoms with E-state index >= 15 is 0 Å². The zero-order valence-electron chi connectivity index (χ0n) is 21.5. The highest BCUT2D eigenvalue weighted by Gasteiger charge is 2.39. The molecule has 2 aromatic rings. The van der Waals surface area contributed by atoms with E-state index in [1.165, 1.54) is 38.5 Å². The fourth-order valence-electron chi connectivity index (χ4n) is 5.45. The summed E-state index contributed by atoms with van der Waals surface area (Å²) < 4.78 is 12.8. The number of carbonyl (C=O) groups excluding carboxylic acids is 1. The molecule has 2 aromatic carbocycles. The largest absolute Gasteiger partial charge is 0.493 e. The Bertz CT molecular complexity index is 1150. The number of halogens is 1. The molecule has 7 heteroatoms. The van der Waals surface area contributed by atoms with Crippen LogP contribution in [0.25, 0.3) is 6.08 Å². The molecular weight excluding hydrogens is 595 g/mol. The van der Waals surface area contributed by atoms with Gasteiger partial charge in [0.05, 0.1) is 21.6 Å². The third kappa shape index (κ3) is 6.53. The van der Waals surface area contributed by atoms with Gasteiger partial charge < -0.3 is 9.47 Å². The molecule has 0 N–H and O–H groups in total. The number of nitrogens with zero attached hydrogens (tertiary/aromatic N) is 2. The van der Waals surface area contributed by atoms with Crippen LogP contribution in [-0.4, -0.2) is 35.2 Å². The summed E-state index contributed by atoms with van der Waals surface area (Å²) in [6.07, 6.45) is 13.8. The predicted octanol–water partition coefficient (Wildman–Crippen LogP) is 7.82. The summed E-state index contributed by atoms with van der Waals surface area (Å²) in [4.78, 5) is 21.7. The SMILES string of the molecule is COc1cc(C=C2SC(=NC3CCCCC3)N(C3CCCCC3)C2=O)cc(I)c1OCc1ccccc1. The smallest absolute Gasteiger partial charge is 0.266 e. The summed E-state index contributed by atoms with van der Waals surface area (Å²) in [6.45, 7) is 0.472. The number of ether oxygens (including phenoxy) is 2. The number of aliphatic imine (C=N–C) groups is 1. The standard InChI is InChI=1S/C30H35IN2O3S/c1-35-26-18-22(17-25(31)28(26)36-20-21-11-5-2-6-12-21)19-27-29(34)33(24-15-9-4-10-16-24)30(37-27)32-23-13-7-3-8-14-23/h2,5-6,11-12,17-19,23-24H,3-4,7-10,13-16,20H2,1H3. The molecule has 1 saturated heterocycles. The van der Waals surface area contributed by atoms with Crippen molar-refractivity contribution >= 4 is 51.5 Å². The molecule has 0 bridgehead atoms. The van der Waals surface area contributed by atoms with E-state index in [2.05, 4.69) is 28.7 Å². The number of hydrogen-bond acceptors (Lipinski definition) is 5. The number of hydrogen-bond donors (Lipinski definition) is 0. The molecule has 37 heavy (non-hydrogen) atoms. The minimum absolute atomic E-state index is 0.102. The molecule has 5 nitrogen and oxygen atoms in total. The van der Waals surface area contributed by atoms with E-state index in [1.54, 1.807) is 18.9 Å². The summed E-state index contributed by atoms with van der Waals surface area (Å²) in [6, 6.07) is 14.7. The van der Waals surface area contributed by atoms with Crippen molar-refractivity contribution in [2.45, 2.75) is 82.9 Å². The average Bonchev–Trinajstić information content (AvgIpc) is 3.23. The molecule has 3 fully saturated rings. The van der Waals surface area contributed by atoms with Crippen LogP contribution in [0.2, 0.25) is 0 Å². The lowest BCUT2D eigenvalue weighted by Gasteiger charge is -2.31. The fourth-order valence-corrected chi connectivity index (χ4v) is 7.34. The maximum Gasteiger partial charge on any atom is 0.266 e. The Balaban J connectivity index is 1.40. The third-order valence-corrected chi connectivity index (χ3v) is 9.22. The fraction of sp³-hybridized carbons (Fsp3) is 0.467. The van der Waals surface area contributed by atoms with Gasteiger partial charge in [0.1, 0.15) is 6.61 Å². The molecule has 3 aliphatic rings. The van der Waals surface area contributed by atoms with Crippen molar-refractivity contribution in [2.75, 3.05) is 7.11 Å². The summed E-state index contributed by atoms with van der Waals surface area (Å²) in [5, 5.41) is 0.916. The maximum absolute atomic E-state index is 13.7. The molecule has 1 amide bonds. The zero-order valence-corrected chi connectivity index (χ0v) is 24.4. The van der Waals surface area contributed by atoms with E-state index in [-0.39, 0.29) is 11.9 Å². The molecular formula is C30H35IN2O3S. The van der Waals surface area contributed by atoms with Gasteiger partial charge in [-0.3, -0.25) is 14.7 Å². The van der Waals surface area contributed by atoms with Gasteiger partial charge in [0.15, 0.2) is 16.7 Å². The van der Waals surface area contributed by atoms with Crippen molar-refractivity contribution in [2.24, 2.45) is 4.99 Å². The van der Waals surface area contributed by atoms with Gasteiger partial charge in [0, 0.05) is 6.04 Å². The van der Waals surface area contributed by atoms with Gasteiger partial charge in [-0.1, -0.05) is 68.9 Å². The van der Waals surface area contributed by atoms with E-state index in [1.807, 2.05) is 47.4 Å². The predicted molar refractivity (Wildman–Crippen MR) is 160 cm³/mol. The van der Waals surface area contributed by atoms with Gasteiger partial charge in [-0.2, -0.15) is 0 Å². The van der Waals surface area contributed by atoms with Crippen molar-refractivity contribution < 1.29 is 14.3 Å². The Labute approximate surface area is 238 Å². The van der Waals surface area contributed by atoms with Gasteiger partial charge in [0.25, 0.3) is 5.91 Å². The first-order valence-electron chi connectivity index (χ1n) is 13.5. The first-order chi connectivity index (χ1) is 18.1. The van der Waals surface area contributed by atoms with E-state index < -0.39 is 0 Å². The van der Waals surface area contributed by atoms with Crippen LogP contribution in [-0.2, 0) is 11.4 Å². The topological polar surface area (TPSA) is 51.1 Å². The molecule has 1 aliphatic heterocycles. The second-order valence-electron chi connectivity index (χ2n) is 10.1. The quantitative estimate of drug-likeness (QED) is 0.231. The first-order valence-corrected chi connectivity index (χ1v) is 15.4.